The number of rotatable bonds is 62. The first-order chi connectivity index (χ1) is 37.5. The van der Waals surface area contributed by atoms with E-state index in [0.29, 0.717) is 19.3 Å². The molecule has 0 aliphatic heterocycles. The molecule has 0 aromatic carbocycles. The number of hydrogen-bond acceptors (Lipinski definition) is 6. The fraction of sp³-hybridized carbons (Fsp3) is 0.843. The van der Waals surface area contributed by atoms with E-state index >= 15 is 0 Å². The Bertz CT molecular complexity index is 1310. The smallest absolute Gasteiger partial charge is 0.306 e. The molecule has 0 heterocycles. The van der Waals surface area contributed by atoms with Crippen molar-refractivity contribution >= 4 is 17.9 Å². The Morgan fingerprint density at radius 3 is 0.776 bits per heavy atom. The van der Waals surface area contributed by atoms with Crippen LogP contribution in [0.3, 0.4) is 0 Å². The summed E-state index contributed by atoms with van der Waals surface area (Å²) in [6, 6.07) is 0. The molecule has 0 spiro atoms. The Labute approximate surface area is 473 Å². The highest BCUT2D eigenvalue weighted by molar-refractivity contribution is 5.71. The van der Waals surface area contributed by atoms with Gasteiger partial charge in [0.05, 0.1) is 0 Å². The molecular weight excluding hydrogens is 937 g/mol. The third kappa shape index (κ3) is 62.2. The summed E-state index contributed by atoms with van der Waals surface area (Å²) in [4.78, 5) is 38.4. The van der Waals surface area contributed by atoms with Gasteiger partial charge in [0.1, 0.15) is 13.2 Å². The van der Waals surface area contributed by atoms with Gasteiger partial charge in [-0.2, -0.15) is 0 Å². The van der Waals surface area contributed by atoms with Crippen molar-refractivity contribution in [2.24, 2.45) is 0 Å². The molecule has 0 rings (SSSR count). The predicted molar refractivity (Wildman–Crippen MR) is 330 cm³/mol. The number of carbonyl (C=O) groups is 3. The average molecular weight is 1070 g/mol. The van der Waals surface area contributed by atoms with Gasteiger partial charge in [0.15, 0.2) is 6.10 Å². The second kappa shape index (κ2) is 64.9. The highest BCUT2D eigenvalue weighted by atomic mass is 16.6. The van der Waals surface area contributed by atoms with Gasteiger partial charge in [-0.05, 0) is 83.5 Å². The van der Waals surface area contributed by atoms with E-state index in [-0.39, 0.29) is 31.1 Å². The standard InChI is InChI=1S/C70H128O6/c1-4-7-10-13-16-19-22-25-28-31-33-34-35-37-39-42-45-48-51-54-57-60-63-69(72)75-66-67(65-74-68(71)62-59-56-53-50-47-44-41-38-30-27-24-21-18-15-12-9-6-3)76-70(73)64-61-58-55-52-49-46-43-40-36-32-29-26-23-20-17-14-11-8-5-2/h17,20,26-27,29-30,36,40,67H,4-16,18-19,21-25,28,31-35,37-39,41-66H2,1-3H3/b20-17-,29-26-,30-27-,40-36-. The Hall–Kier alpha value is -2.63. The van der Waals surface area contributed by atoms with Gasteiger partial charge in [0.2, 0.25) is 0 Å². The molecule has 0 aliphatic rings. The van der Waals surface area contributed by atoms with Crippen molar-refractivity contribution in [2.75, 3.05) is 13.2 Å². The van der Waals surface area contributed by atoms with Crippen molar-refractivity contribution in [3.63, 3.8) is 0 Å². The third-order valence-corrected chi connectivity index (χ3v) is 15.1. The van der Waals surface area contributed by atoms with Crippen LogP contribution in [0.25, 0.3) is 0 Å². The normalized spacial score (nSPS) is 12.3. The SMILES string of the molecule is CCCCC/C=C\C/C=C\C/C=C\CCCCCCCCC(=O)OC(COC(=O)CCCCCCCCC/C=C\CCCCCCCC)COC(=O)CCCCCCCCCCCCCCCCCCCCCCCC. The van der Waals surface area contributed by atoms with Crippen LogP contribution in [-0.2, 0) is 28.6 Å². The Morgan fingerprint density at radius 2 is 0.474 bits per heavy atom. The zero-order valence-electron chi connectivity index (χ0n) is 51.0. The molecule has 6 heteroatoms. The molecule has 0 amide bonds. The molecule has 0 aromatic rings. The molecule has 76 heavy (non-hydrogen) atoms. The lowest BCUT2D eigenvalue weighted by atomic mass is 10.0. The van der Waals surface area contributed by atoms with E-state index in [1.165, 1.54) is 244 Å². The maximum Gasteiger partial charge on any atom is 0.306 e. The van der Waals surface area contributed by atoms with Crippen LogP contribution in [0.15, 0.2) is 48.6 Å². The molecule has 0 radical (unpaired) electrons. The van der Waals surface area contributed by atoms with Gasteiger partial charge < -0.3 is 14.2 Å². The first-order valence-electron chi connectivity index (χ1n) is 33.6. The van der Waals surface area contributed by atoms with Gasteiger partial charge >= 0.3 is 17.9 Å². The van der Waals surface area contributed by atoms with E-state index in [4.69, 9.17) is 14.2 Å². The minimum absolute atomic E-state index is 0.0760. The second-order valence-electron chi connectivity index (χ2n) is 22.7. The first kappa shape index (κ1) is 73.4. The summed E-state index contributed by atoms with van der Waals surface area (Å²) in [6.07, 6.45) is 81.2. The zero-order chi connectivity index (χ0) is 55.0. The minimum Gasteiger partial charge on any atom is -0.462 e. The van der Waals surface area contributed by atoms with Gasteiger partial charge in [-0.1, -0.05) is 307 Å². The summed E-state index contributed by atoms with van der Waals surface area (Å²) < 4.78 is 17.0. The van der Waals surface area contributed by atoms with Crippen molar-refractivity contribution in [3.05, 3.63) is 48.6 Å². The van der Waals surface area contributed by atoms with Crippen LogP contribution in [-0.4, -0.2) is 37.2 Å². The molecule has 0 bridgehead atoms. The molecule has 0 aliphatic carbocycles. The second-order valence-corrected chi connectivity index (χ2v) is 22.7. The first-order valence-corrected chi connectivity index (χ1v) is 33.6. The number of allylic oxidation sites excluding steroid dienone is 8. The van der Waals surface area contributed by atoms with Crippen molar-refractivity contribution in [1.29, 1.82) is 0 Å². The number of unbranched alkanes of at least 4 members (excludes halogenated alkanes) is 43. The van der Waals surface area contributed by atoms with Crippen molar-refractivity contribution < 1.29 is 28.6 Å². The molecule has 0 fully saturated rings. The molecule has 444 valence electrons. The fourth-order valence-electron chi connectivity index (χ4n) is 9.98. The lowest BCUT2D eigenvalue weighted by Gasteiger charge is -2.18. The van der Waals surface area contributed by atoms with Crippen LogP contribution in [0, 0.1) is 0 Å². The zero-order valence-corrected chi connectivity index (χ0v) is 51.0. The highest BCUT2D eigenvalue weighted by Crippen LogP contribution is 2.18. The maximum atomic E-state index is 12.9. The molecule has 0 saturated heterocycles. The Kier molecular flexibility index (Phi) is 62.6. The molecular formula is C70H128O6. The van der Waals surface area contributed by atoms with Crippen molar-refractivity contribution in [3.8, 4) is 0 Å². The van der Waals surface area contributed by atoms with Crippen LogP contribution in [0.2, 0.25) is 0 Å². The lowest BCUT2D eigenvalue weighted by Crippen LogP contribution is -2.30. The van der Waals surface area contributed by atoms with Crippen LogP contribution in [0.4, 0.5) is 0 Å². The largest absolute Gasteiger partial charge is 0.462 e. The van der Waals surface area contributed by atoms with Crippen LogP contribution in [0.1, 0.15) is 361 Å². The minimum atomic E-state index is -0.781. The topological polar surface area (TPSA) is 78.9 Å². The Morgan fingerprint density at radius 1 is 0.263 bits per heavy atom. The van der Waals surface area contributed by atoms with E-state index in [1.54, 1.807) is 0 Å². The lowest BCUT2D eigenvalue weighted by molar-refractivity contribution is -0.167. The van der Waals surface area contributed by atoms with Gasteiger partial charge in [-0.3, -0.25) is 14.4 Å². The van der Waals surface area contributed by atoms with Gasteiger partial charge in [0.25, 0.3) is 0 Å². The number of esters is 3. The van der Waals surface area contributed by atoms with E-state index in [2.05, 4.69) is 69.4 Å². The summed E-state index contributed by atoms with van der Waals surface area (Å²) in [5.74, 6) is -0.869. The van der Waals surface area contributed by atoms with Crippen molar-refractivity contribution in [1.82, 2.24) is 0 Å². The van der Waals surface area contributed by atoms with Gasteiger partial charge in [-0.25, -0.2) is 0 Å². The Balaban J connectivity index is 4.34. The predicted octanol–water partition coefficient (Wildman–Crippen LogP) is 22.9. The third-order valence-electron chi connectivity index (χ3n) is 15.1. The van der Waals surface area contributed by atoms with Gasteiger partial charge in [0, 0.05) is 19.3 Å². The molecule has 0 N–H and O–H groups in total. The van der Waals surface area contributed by atoms with Crippen LogP contribution < -0.4 is 0 Å². The fourth-order valence-corrected chi connectivity index (χ4v) is 9.98. The van der Waals surface area contributed by atoms with E-state index in [9.17, 15) is 14.4 Å². The van der Waals surface area contributed by atoms with Crippen molar-refractivity contribution in [2.45, 2.75) is 367 Å². The highest BCUT2D eigenvalue weighted by Gasteiger charge is 2.19. The average Bonchev–Trinajstić information content (AvgIpc) is 3.42. The van der Waals surface area contributed by atoms with Crippen LogP contribution >= 0.6 is 0 Å². The van der Waals surface area contributed by atoms with E-state index < -0.39 is 6.10 Å². The molecule has 1 unspecified atom stereocenters. The summed E-state index contributed by atoms with van der Waals surface area (Å²) >= 11 is 0. The molecule has 0 saturated carbocycles. The van der Waals surface area contributed by atoms with Crippen LogP contribution in [0.5, 0.6) is 0 Å². The quantitative estimate of drug-likeness (QED) is 0.0261. The summed E-state index contributed by atoms with van der Waals surface area (Å²) in [5, 5.41) is 0. The molecule has 0 aromatic heterocycles. The number of hydrogen-bond donors (Lipinski definition) is 0. The van der Waals surface area contributed by atoms with E-state index in [1.807, 2.05) is 0 Å². The number of ether oxygens (including phenoxy) is 3. The summed E-state index contributed by atoms with van der Waals surface area (Å²) in [5.41, 5.74) is 0. The van der Waals surface area contributed by atoms with E-state index in [0.717, 1.165) is 77.0 Å². The maximum absolute atomic E-state index is 12.9. The summed E-state index contributed by atoms with van der Waals surface area (Å²) in [7, 11) is 0. The number of carbonyl (C=O) groups excluding carboxylic acids is 3. The monoisotopic (exact) mass is 1060 g/mol. The summed E-state index contributed by atoms with van der Waals surface area (Å²) in [6.45, 7) is 6.66. The molecule has 1 atom stereocenters. The van der Waals surface area contributed by atoms with Gasteiger partial charge in [-0.15, -0.1) is 0 Å². The molecule has 6 nitrogen and oxygen atoms in total.